The Labute approximate surface area is 169 Å². The molecule has 2 heterocycles. The normalized spacial score (nSPS) is 15.9. The van der Waals surface area contributed by atoms with Crippen LogP contribution in [-0.2, 0) is 4.79 Å². The van der Waals surface area contributed by atoms with E-state index in [0.717, 1.165) is 33.7 Å². The van der Waals surface area contributed by atoms with E-state index in [4.69, 9.17) is 9.52 Å². The Morgan fingerprint density at radius 1 is 1.07 bits per heavy atom. The second-order valence-electron chi connectivity index (χ2n) is 8.43. The average Bonchev–Trinajstić information content (AvgIpc) is 3.00. The molecule has 5 heteroatoms. The summed E-state index contributed by atoms with van der Waals surface area (Å²) in [5, 5.41) is 4.16. The van der Waals surface area contributed by atoms with Crippen LogP contribution in [-0.4, -0.2) is 16.7 Å². The molecule has 0 saturated heterocycles. The Morgan fingerprint density at radius 2 is 1.72 bits per heavy atom. The van der Waals surface area contributed by atoms with E-state index >= 15 is 0 Å². The third kappa shape index (κ3) is 3.53. The highest BCUT2D eigenvalue weighted by Gasteiger charge is 2.33. The first-order valence-electron chi connectivity index (χ1n) is 9.68. The predicted octanol–water partition coefficient (Wildman–Crippen LogP) is 5.69. The van der Waals surface area contributed by atoms with E-state index in [1.165, 1.54) is 12.1 Å². The summed E-state index contributed by atoms with van der Waals surface area (Å²) in [6.07, 6.45) is 0.212. The Morgan fingerprint density at radius 3 is 2.38 bits per heavy atom. The minimum absolute atomic E-state index is 0.0932. The van der Waals surface area contributed by atoms with Gasteiger partial charge in [-0.05, 0) is 36.8 Å². The number of carbonyl (C=O) groups is 1. The van der Waals surface area contributed by atoms with Gasteiger partial charge in [-0.2, -0.15) is 0 Å². The number of aryl methyl sites for hydroxylation is 1. The van der Waals surface area contributed by atoms with Crippen molar-refractivity contribution in [3.05, 3.63) is 76.9 Å². The van der Waals surface area contributed by atoms with Crippen molar-refractivity contribution in [3.8, 4) is 11.1 Å². The molecule has 0 radical (unpaired) electrons. The zero-order valence-corrected chi connectivity index (χ0v) is 17.0. The monoisotopic (exact) mass is 390 g/mol. The van der Waals surface area contributed by atoms with Crippen LogP contribution in [0.4, 0.5) is 4.39 Å². The summed E-state index contributed by atoms with van der Waals surface area (Å²) in [5.41, 5.74) is 4.54. The van der Waals surface area contributed by atoms with Crippen LogP contribution in [0, 0.1) is 18.2 Å². The number of nitrogens with zero attached hydrogens (tertiary/aromatic N) is 2. The van der Waals surface area contributed by atoms with Gasteiger partial charge in [0.2, 0.25) is 0 Å². The number of fused-ring (bicyclic) bond motifs is 3. The van der Waals surface area contributed by atoms with Gasteiger partial charge in [0, 0.05) is 23.0 Å². The zero-order chi connectivity index (χ0) is 20.8. The molecule has 0 spiro atoms. The SMILES string of the molecule is Cc1noc2c1-c1ccccc1C(c1ccc(F)cc1)=N[C@H]2CC(=O)C(C)(C)C. The molecule has 2 aromatic carbocycles. The van der Waals surface area contributed by atoms with Crippen LogP contribution >= 0.6 is 0 Å². The number of aromatic nitrogens is 1. The highest BCUT2D eigenvalue weighted by atomic mass is 19.1. The fourth-order valence-corrected chi connectivity index (χ4v) is 3.59. The summed E-state index contributed by atoms with van der Waals surface area (Å²) in [5.74, 6) is 0.392. The zero-order valence-electron chi connectivity index (χ0n) is 17.0. The van der Waals surface area contributed by atoms with Crippen molar-refractivity contribution in [1.82, 2.24) is 5.16 Å². The van der Waals surface area contributed by atoms with E-state index in [0.29, 0.717) is 5.76 Å². The Bertz CT molecular complexity index is 1100. The van der Waals surface area contributed by atoms with Crippen molar-refractivity contribution in [2.24, 2.45) is 10.4 Å². The molecular formula is C24H23FN2O2. The lowest BCUT2D eigenvalue weighted by Crippen LogP contribution is -2.22. The van der Waals surface area contributed by atoms with Gasteiger partial charge >= 0.3 is 0 Å². The van der Waals surface area contributed by atoms with Crippen LogP contribution < -0.4 is 0 Å². The molecule has 0 aliphatic carbocycles. The second kappa shape index (κ2) is 7.07. The van der Waals surface area contributed by atoms with Crippen LogP contribution in [0.15, 0.2) is 58.0 Å². The minimum atomic E-state index is -0.495. The van der Waals surface area contributed by atoms with E-state index in [9.17, 15) is 9.18 Å². The number of halogens is 1. The van der Waals surface area contributed by atoms with Crippen molar-refractivity contribution >= 4 is 11.5 Å². The first-order valence-corrected chi connectivity index (χ1v) is 9.68. The molecule has 1 atom stereocenters. The number of benzene rings is 2. The summed E-state index contributed by atoms with van der Waals surface area (Å²) in [6, 6.07) is 13.7. The lowest BCUT2D eigenvalue weighted by atomic mass is 9.86. The van der Waals surface area contributed by atoms with Crippen LogP contribution in [0.1, 0.15) is 55.8 Å². The third-order valence-corrected chi connectivity index (χ3v) is 5.26. The molecule has 0 bridgehead atoms. The van der Waals surface area contributed by atoms with E-state index in [-0.39, 0.29) is 18.0 Å². The third-order valence-electron chi connectivity index (χ3n) is 5.26. The van der Waals surface area contributed by atoms with Gasteiger partial charge in [-0.25, -0.2) is 4.39 Å². The molecule has 148 valence electrons. The van der Waals surface area contributed by atoms with Crippen molar-refractivity contribution in [3.63, 3.8) is 0 Å². The van der Waals surface area contributed by atoms with E-state index in [1.54, 1.807) is 12.1 Å². The lowest BCUT2D eigenvalue weighted by molar-refractivity contribution is -0.126. The molecule has 3 aromatic rings. The second-order valence-corrected chi connectivity index (χ2v) is 8.43. The van der Waals surface area contributed by atoms with Gasteiger partial charge in [0.05, 0.1) is 17.0 Å². The Balaban J connectivity index is 1.94. The van der Waals surface area contributed by atoms with Gasteiger partial charge in [0.1, 0.15) is 17.6 Å². The van der Waals surface area contributed by atoms with Crippen LogP contribution in [0.5, 0.6) is 0 Å². The van der Waals surface area contributed by atoms with Crippen molar-refractivity contribution in [2.45, 2.75) is 40.2 Å². The molecule has 1 aliphatic heterocycles. The maximum atomic E-state index is 13.5. The van der Waals surface area contributed by atoms with Crippen LogP contribution in [0.2, 0.25) is 0 Å². The molecule has 29 heavy (non-hydrogen) atoms. The molecule has 0 unspecified atom stereocenters. The van der Waals surface area contributed by atoms with Gasteiger partial charge in [0.15, 0.2) is 5.76 Å². The number of Topliss-reactive ketones (excluding diaryl/α,β-unsaturated/α-hetero) is 1. The topological polar surface area (TPSA) is 55.5 Å². The largest absolute Gasteiger partial charge is 0.358 e. The standard InChI is InChI=1S/C24H23FN2O2/c1-14-21-17-7-5-6-8-18(17)22(15-9-11-16(25)12-10-15)26-19(23(21)29-27-14)13-20(28)24(2,3)4/h5-12,19H,13H2,1-4H3/t19-/m0/s1. The van der Waals surface area contributed by atoms with Crippen LogP contribution in [0.25, 0.3) is 11.1 Å². The van der Waals surface area contributed by atoms with Gasteiger partial charge in [0.25, 0.3) is 0 Å². The van der Waals surface area contributed by atoms with Crippen LogP contribution in [0.3, 0.4) is 0 Å². The summed E-state index contributed by atoms with van der Waals surface area (Å²) in [6.45, 7) is 7.60. The molecule has 4 nitrogen and oxygen atoms in total. The van der Waals surface area contributed by atoms with Crippen molar-refractivity contribution in [1.29, 1.82) is 0 Å². The molecule has 0 N–H and O–H groups in total. The maximum absolute atomic E-state index is 13.5. The number of aliphatic imine (C=N–C) groups is 1. The fourth-order valence-electron chi connectivity index (χ4n) is 3.59. The number of ketones is 1. The summed E-state index contributed by atoms with van der Waals surface area (Å²) < 4.78 is 19.2. The molecule has 1 aliphatic rings. The van der Waals surface area contributed by atoms with E-state index in [1.807, 2.05) is 52.0 Å². The van der Waals surface area contributed by atoms with E-state index < -0.39 is 11.5 Å². The smallest absolute Gasteiger partial charge is 0.169 e. The number of hydrogen-bond donors (Lipinski definition) is 0. The van der Waals surface area contributed by atoms with Gasteiger partial charge in [-0.3, -0.25) is 9.79 Å². The number of hydrogen-bond acceptors (Lipinski definition) is 4. The van der Waals surface area contributed by atoms with Gasteiger partial charge in [-0.1, -0.05) is 50.2 Å². The van der Waals surface area contributed by atoms with Crippen molar-refractivity contribution in [2.75, 3.05) is 0 Å². The summed E-state index contributed by atoms with van der Waals surface area (Å²) >= 11 is 0. The Kier molecular flexibility index (Phi) is 4.69. The molecule has 4 rings (SSSR count). The molecule has 1 aromatic heterocycles. The first kappa shape index (κ1) is 19.2. The summed E-state index contributed by atoms with van der Waals surface area (Å²) in [4.78, 5) is 17.8. The predicted molar refractivity (Wildman–Crippen MR) is 111 cm³/mol. The molecule has 0 amide bonds. The molecule has 0 fully saturated rings. The molecule has 0 saturated carbocycles. The quantitative estimate of drug-likeness (QED) is 0.577. The minimum Gasteiger partial charge on any atom is -0.358 e. The Hall–Kier alpha value is -3.08. The highest BCUT2D eigenvalue weighted by Crippen LogP contribution is 2.41. The van der Waals surface area contributed by atoms with Gasteiger partial charge < -0.3 is 4.52 Å². The summed E-state index contributed by atoms with van der Waals surface area (Å²) in [7, 11) is 0. The first-order chi connectivity index (χ1) is 13.8. The average molecular weight is 390 g/mol. The molecular weight excluding hydrogens is 367 g/mol. The maximum Gasteiger partial charge on any atom is 0.169 e. The van der Waals surface area contributed by atoms with E-state index in [2.05, 4.69) is 5.16 Å². The lowest BCUT2D eigenvalue weighted by Gasteiger charge is -2.19. The number of rotatable bonds is 3. The number of carbonyl (C=O) groups excluding carboxylic acids is 1. The van der Waals surface area contributed by atoms with Crippen molar-refractivity contribution < 1.29 is 13.7 Å². The van der Waals surface area contributed by atoms with Gasteiger partial charge in [-0.15, -0.1) is 0 Å². The fraction of sp³-hybridized carbons (Fsp3) is 0.292. The highest BCUT2D eigenvalue weighted by molar-refractivity contribution is 6.17.